The predicted molar refractivity (Wildman–Crippen MR) is 99.3 cm³/mol. The molecule has 132 valence electrons. The van der Waals surface area contributed by atoms with Gasteiger partial charge in [-0.2, -0.15) is 5.10 Å². The van der Waals surface area contributed by atoms with Gasteiger partial charge < -0.3 is 9.47 Å². The molecule has 3 aromatic rings. The molecule has 0 spiro atoms. The lowest BCUT2D eigenvalue weighted by atomic mass is 10.0. The Labute approximate surface area is 151 Å². The van der Waals surface area contributed by atoms with Crippen molar-refractivity contribution in [3.63, 3.8) is 0 Å². The molecule has 1 aromatic heterocycles. The molecule has 0 bridgehead atoms. The quantitative estimate of drug-likeness (QED) is 0.781. The summed E-state index contributed by atoms with van der Waals surface area (Å²) >= 11 is 0. The van der Waals surface area contributed by atoms with Gasteiger partial charge in [-0.05, 0) is 54.8 Å². The molecule has 0 atom stereocenters. The van der Waals surface area contributed by atoms with Crippen molar-refractivity contribution in [2.45, 2.75) is 26.7 Å². The van der Waals surface area contributed by atoms with Gasteiger partial charge in [-0.1, -0.05) is 12.1 Å². The predicted octanol–water partition coefficient (Wildman–Crippen LogP) is 3.70. The topological polar surface area (TPSA) is 64.2 Å². The Bertz CT molecular complexity index is 984. The monoisotopic (exact) mass is 348 g/mol. The van der Waals surface area contributed by atoms with Gasteiger partial charge in [0, 0.05) is 24.5 Å². The van der Waals surface area contributed by atoms with Crippen molar-refractivity contribution in [2.24, 2.45) is 0 Å². The lowest BCUT2D eigenvalue weighted by Crippen LogP contribution is -2.07. The van der Waals surface area contributed by atoms with Crippen molar-refractivity contribution in [3.8, 4) is 17.2 Å². The molecule has 1 aliphatic heterocycles. The third kappa shape index (κ3) is 3.47. The minimum atomic E-state index is -0.199. The number of nitrogens with one attached hydrogen (secondary N) is 1. The summed E-state index contributed by atoms with van der Waals surface area (Å²) in [4.78, 5) is 11.2. The summed E-state index contributed by atoms with van der Waals surface area (Å²) in [7, 11) is 0. The molecular formula is C21H20N2O3. The van der Waals surface area contributed by atoms with E-state index < -0.39 is 0 Å². The first-order valence-electron chi connectivity index (χ1n) is 8.66. The van der Waals surface area contributed by atoms with E-state index in [1.165, 1.54) is 6.07 Å². The van der Waals surface area contributed by atoms with E-state index in [-0.39, 0.29) is 5.56 Å². The fourth-order valence-corrected chi connectivity index (χ4v) is 3.31. The van der Waals surface area contributed by atoms with Crippen molar-refractivity contribution in [1.82, 2.24) is 10.2 Å². The third-order valence-corrected chi connectivity index (χ3v) is 4.35. The largest absolute Gasteiger partial charge is 0.489 e. The number of rotatable bonds is 4. The smallest absolute Gasteiger partial charge is 0.264 e. The number of hydrogen-bond donors (Lipinski definition) is 1. The van der Waals surface area contributed by atoms with Crippen LogP contribution >= 0.6 is 0 Å². The highest BCUT2D eigenvalue weighted by Crippen LogP contribution is 2.40. The van der Waals surface area contributed by atoms with E-state index in [0.29, 0.717) is 13.0 Å². The van der Waals surface area contributed by atoms with Crippen molar-refractivity contribution in [3.05, 3.63) is 80.8 Å². The molecule has 4 rings (SSSR count). The number of benzene rings is 2. The zero-order chi connectivity index (χ0) is 18.1. The fraction of sp³-hybridized carbons (Fsp3) is 0.238. The van der Waals surface area contributed by atoms with E-state index in [4.69, 9.17) is 9.47 Å². The molecule has 5 nitrogen and oxygen atoms in total. The van der Waals surface area contributed by atoms with Crippen LogP contribution in [0, 0.1) is 13.8 Å². The maximum Gasteiger partial charge on any atom is 0.264 e. The van der Waals surface area contributed by atoms with E-state index in [1.807, 2.05) is 18.2 Å². The van der Waals surface area contributed by atoms with Crippen LogP contribution in [0.1, 0.15) is 27.9 Å². The molecule has 0 saturated carbocycles. The van der Waals surface area contributed by atoms with Crippen LogP contribution in [0.25, 0.3) is 0 Å². The normalized spacial score (nSPS) is 12.5. The highest BCUT2D eigenvalue weighted by Gasteiger charge is 2.20. The number of hydrogen-bond acceptors (Lipinski definition) is 4. The summed E-state index contributed by atoms with van der Waals surface area (Å²) in [6, 6.07) is 13.5. The molecule has 1 N–H and O–H groups in total. The first kappa shape index (κ1) is 16.4. The van der Waals surface area contributed by atoms with E-state index in [2.05, 4.69) is 36.2 Å². The van der Waals surface area contributed by atoms with Gasteiger partial charge >= 0.3 is 0 Å². The number of aromatic nitrogens is 2. The molecule has 0 aliphatic carbocycles. The van der Waals surface area contributed by atoms with E-state index >= 15 is 0 Å². The van der Waals surface area contributed by atoms with Gasteiger partial charge in [0.25, 0.3) is 5.56 Å². The fourth-order valence-electron chi connectivity index (χ4n) is 3.31. The molecule has 2 heterocycles. The molecule has 1 aliphatic rings. The Morgan fingerprint density at radius 1 is 1.12 bits per heavy atom. The molecule has 5 heteroatoms. The Balaban J connectivity index is 1.68. The van der Waals surface area contributed by atoms with Gasteiger partial charge in [0.2, 0.25) is 0 Å². The second-order valence-electron chi connectivity index (χ2n) is 6.70. The lowest BCUT2D eigenvalue weighted by molar-refractivity contribution is 0.337. The second kappa shape index (κ2) is 6.67. The third-order valence-electron chi connectivity index (χ3n) is 4.35. The van der Waals surface area contributed by atoms with Gasteiger partial charge in [-0.3, -0.25) is 4.79 Å². The maximum atomic E-state index is 11.2. The van der Waals surface area contributed by atoms with Crippen LogP contribution in [0.4, 0.5) is 0 Å². The van der Waals surface area contributed by atoms with Gasteiger partial charge in [0.1, 0.15) is 5.75 Å². The zero-order valence-electron chi connectivity index (χ0n) is 14.8. The van der Waals surface area contributed by atoms with Crippen molar-refractivity contribution in [1.29, 1.82) is 0 Å². The minimum absolute atomic E-state index is 0.199. The van der Waals surface area contributed by atoms with Crippen LogP contribution in [0.15, 0.2) is 47.3 Å². The maximum absolute atomic E-state index is 11.2. The second-order valence-corrected chi connectivity index (χ2v) is 6.70. The number of ether oxygens (including phenoxy) is 2. The van der Waals surface area contributed by atoms with E-state index in [1.54, 1.807) is 6.07 Å². The first-order valence-corrected chi connectivity index (χ1v) is 8.66. The minimum Gasteiger partial charge on any atom is -0.489 e. The van der Waals surface area contributed by atoms with Gasteiger partial charge in [-0.15, -0.1) is 0 Å². The molecule has 2 aromatic carbocycles. The molecule has 0 unspecified atom stereocenters. The summed E-state index contributed by atoms with van der Waals surface area (Å²) in [5, 5.41) is 6.57. The lowest BCUT2D eigenvalue weighted by Gasteiger charge is -2.13. The summed E-state index contributed by atoms with van der Waals surface area (Å²) in [5.41, 5.74) is 5.15. The number of H-pyrrole nitrogens is 1. The molecule has 0 fully saturated rings. The van der Waals surface area contributed by atoms with Crippen LogP contribution in [0.3, 0.4) is 0 Å². The number of fused-ring (bicyclic) bond motifs is 1. The molecule has 0 radical (unpaired) electrons. The van der Waals surface area contributed by atoms with Gasteiger partial charge in [0.05, 0.1) is 12.3 Å². The average molecular weight is 348 g/mol. The number of nitrogens with zero attached hydrogens (tertiary/aromatic N) is 1. The highest BCUT2D eigenvalue weighted by atomic mass is 16.5. The SMILES string of the molecule is Cc1cc(C)cc(Oc2cc(Cc3ccc(=O)[nH]n3)cc3c2OCC3)c1. The summed E-state index contributed by atoms with van der Waals surface area (Å²) < 4.78 is 12.0. The Morgan fingerprint density at radius 3 is 2.65 bits per heavy atom. The van der Waals surface area contributed by atoms with Crippen LogP contribution in [-0.2, 0) is 12.8 Å². The first-order chi connectivity index (χ1) is 12.6. The standard InChI is InChI=1S/C21H20N2O3/c1-13-7-14(2)9-18(8-13)26-19-12-15(10-16-5-6-25-21(16)19)11-17-3-4-20(24)23-22-17/h3-4,7-10,12H,5-6,11H2,1-2H3,(H,23,24). The molecule has 26 heavy (non-hydrogen) atoms. The van der Waals surface area contributed by atoms with Gasteiger partial charge in [0.15, 0.2) is 11.5 Å². The van der Waals surface area contributed by atoms with Crippen molar-refractivity contribution >= 4 is 0 Å². The van der Waals surface area contributed by atoms with Crippen LogP contribution in [0.2, 0.25) is 0 Å². The molecule has 0 saturated heterocycles. The van der Waals surface area contributed by atoms with Gasteiger partial charge in [-0.25, -0.2) is 5.10 Å². The summed E-state index contributed by atoms with van der Waals surface area (Å²) in [6.45, 7) is 4.77. The van der Waals surface area contributed by atoms with E-state index in [0.717, 1.165) is 51.6 Å². The van der Waals surface area contributed by atoms with Crippen molar-refractivity contribution < 1.29 is 9.47 Å². The number of aryl methyl sites for hydroxylation is 2. The average Bonchev–Trinajstić information content (AvgIpc) is 3.05. The molecule has 0 amide bonds. The Morgan fingerprint density at radius 2 is 1.92 bits per heavy atom. The van der Waals surface area contributed by atoms with Crippen LogP contribution in [-0.4, -0.2) is 16.8 Å². The zero-order valence-corrected chi connectivity index (χ0v) is 14.8. The Kier molecular flexibility index (Phi) is 4.21. The van der Waals surface area contributed by atoms with Crippen LogP contribution < -0.4 is 15.0 Å². The Hall–Kier alpha value is -3.08. The highest BCUT2D eigenvalue weighted by molar-refractivity contribution is 5.53. The van der Waals surface area contributed by atoms with E-state index in [9.17, 15) is 4.79 Å². The summed E-state index contributed by atoms with van der Waals surface area (Å²) in [6.07, 6.45) is 1.48. The summed E-state index contributed by atoms with van der Waals surface area (Å²) in [5.74, 6) is 2.35. The number of aromatic amines is 1. The molecular weight excluding hydrogens is 328 g/mol. The van der Waals surface area contributed by atoms with Crippen molar-refractivity contribution in [2.75, 3.05) is 6.61 Å². The van der Waals surface area contributed by atoms with Crippen LogP contribution in [0.5, 0.6) is 17.2 Å².